The van der Waals surface area contributed by atoms with Gasteiger partial charge >= 0.3 is 18.6 Å². The number of aromatic nitrogens is 3. The normalized spacial score (nSPS) is 18.6. The lowest BCUT2D eigenvalue weighted by atomic mass is 9.98. The average molecular weight is 723 g/mol. The lowest BCUT2D eigenvalue weighted by Gasteiger charge is -2.30. The van der Waals surface area contributed by atoms with Crippen LogP contribution in [0.2, 0.25) is 0 Å². The van der Waals surface area contributed by atoms with Crippen molar-refractivity contribution in [3.8, 4) is 28.9 Å². The van der Waals surface area contributed by atoms with Crippen LogP contribution in [0.5, 0.6) is 17.6 Å². The molecule has 0 saturated carbocycles. The molecule has 18 heteroatoms. The number of halogens is 4. The van der Waals surface area contributed by atoms with Crippen molar-refractivity contribution in [3.63, 3.8) is 0 Å². The van der Waals surface area contributed by atoms with Gasteiger partial charge < -0.3 is 50.4 Å². The van der Waals surface area contributed by atoms with Gasteiger partial charge in [0.15, 0.2) is 29.9 Å². The van der Waals surface area contributed by atoms with Crippen molar-refractivity contribution in [1.29, 1.82) is 0 Å². The van der Waals surface area contributed by atoms with Gasteiger partial charge in [-0.25, -0.2) is 18.2 Å². The minimum atomic E-state index is -3.94. The molecule has 3 aliphatic heterocycles. The van der Waals surface area contributed by atoms with Crippen LogP contribution in [0.25, 0.3) is 32.9 Å². The van der Waals surface area contributed by atoms with Crippen molar-refractivity contribution in [2.24, 2.45) is 0 Å². The third-order valence-corrected chi connectivity index (χ3v) is 8.92. The molecule has 0 amide bonds. The quantitative estimate of drug-likeness (QED) is 0.0602. The number of unbranched alkanes of at least 4 members (excludes halogenated alkanes) is 3. The molecule has 2 atom stereocenters. The maximum Gasteiger partial charge on any atom is 0.453 e. The van der Waals surface area contributed by atoms with E-state index in [0.717, 1.165) is 44.7 Å². The van der Waals surface area contributed by atoms with Crippen LogP contribution in [-0.4, -0.2) is 96.6 Å². The molecular formula is C33H38F4N6O8. The van der Waals surface area contributed by atoms with Crippen LogP contribution in [0.1, 0.15) is 51.9 Å². The Hall–Kier alpha value is -4.33. The van der Waals surface area contributed by atoms with Crippen molar-refractivity contribution in [2.45, 2.75) is 76.7 Å². The van der Waals surface area contributed by atoms with Gasteiger partial charge in [0.05, 0.1) is 0 Å². The highest BCUT2D eigenvalue weighted by Gasteiger charge is 2.35. The Labute approximate surface area is 288 Å². The van der Waals surface area contributed by atoms with Crippen molar-refractivity contribution in [1.82, 2.24) is 19.9 Å². The number of aliphatic hydroxyl groups is 5. The topological polar surface area (TPSA) is 200 Å². The van der Waals surface area contributed by atoms with Gasteiger partial charge in [0, 0.05) is 35.8 Å². The van der Waals surface area contributed by atoms with E-state index in [4.69, 9.17) is 15.2 Å². The van der Waals surface area contributed by atoms with E-state index in [0.29, 0.717) is 25.2 Å². The summed E-state index contributed by atoms with van der Waals surface area (Å²) in [7, 11) is 0. The van der Waals surface area contributed by atoms with E-state index in [1.807, 2.05) is 0 Å². The molecule has 2 saturated heterocycles. The summed E-state index contributed by atoms with van der Waals surface area (Å²) in [6.45, 7) is 1.95. The Balaban J connectivity index is 0.000000428. The summed E-state index contributed by atoms with van der Waals surface area (Å²) < 4.78 is 73.4. The minimum absolute atomic E-state index is 0.0276. The number of hydrogen-bond donors (Lipinski definition) is 6. The summed E-state index contributed by atoms with van der Waals surface area (Å²) in [5, 5.41) is 46.3. The van der Waals surface area contributed by atoms with Gasteiger partial charge in [-0.05, 0) is 55.8 Å². The number of nitrogen functional groups attached to an aromatic ring is 1. The van der Waals surface area contributed by atoms with Gasteiger partial charge in [-0.3, -0.25) is 4.90 Å². The van der Waals surface area contributed by atoms with Gasteiger partial charge in [-0.1, -0.05) is 26.2 Å². The number of aliphatic hydroxyl groups excluding tert-OH is 1. The molecule has 0 spiro atoms. The molecule has 5 heterocycles. The fourth-order valence-electron chi connectivity index (χ4n) is 6.78. The van der Waals surface area contributed by atoms with E-state index in [9.17, 15) is 38.7 Å². The highest BCUT2D eigenvalue weighted by Crippen LogP contribution is 2.45. The van der Waals surface area contributed by atoms with Crippen molar-refractivity contribution >= 4 is 33.2 Å². The Morgan fingerprint density at radius 1 is 1.04 bits per heavy atom. The first-order chi connectivity index (χ1) is 24.2. The predicted molar refractivity (Wildman–Crippen MR) is 175 cm³/mol. The molecule has 2 unspecified atom stereocenters. The molecule has 51 heavy (non-hydrogen) atoms. The SMILES string of the molecule is CCCCCCN1COc2nc(-c3cc(N)cc4cc(F)c(F)c(OC(O)(O)O)c34)c(F)c3nc(OC(O)O)nc1c23.FC1CC2CCCN2C1. The highest BCUT2D eigenvalue weighted by molar-refractivity contribution is 6.05. The molecule has 7 rings (SSSR count). The first-order valence-corrected chi connectivity index (χ1v) is 16.5. The number of ether oxygens (including phenoxy) is 3. The smallest absolute Gasteiger partial charge is 0.453 e. The average Bonchev–Trinajstić information content (AvgIpc) is 3.64. The van der Waals surface area contributed by atoms with E-state index in [-0.39, 0.29) is 40.5 Å². The molecular weight excluding hydrogens is 684 g/mol. The molecule has 0 radical (unpaired) electrons. The van der Waals surface area contributed by atoms with Crippen LogP contribution in [0, 0.1) is 17.5 Å². The summed E-state index contributed by atoms with van der Waals surface area (Å²) in [6.07, 6.45) is 2.51. The van der Waals surface area contributed by atoms with Gasteiger partial charge in [0.1, 0.15) is 22.8 Å². The second-order valence-electron chi connectivity index (χ2n) is 12.6. The summed E-state index contributed by atoms with van der Waals surface area (Å²) in [4.78, 5) is 16.4. The maximum atomic E-state index is 16.4. The molecule has 2 fully saturated rings. The van der Waals surface area contributed by atoms with E-state index >= 15 is 4.39 Å². The number of pyridine rings is 1. The third-order valence-electron chi connectivity index (χ3n) is 8.92. The number of nitrogens with two attached hydrogens (primary N) is 1. The molecule has 4 aromatic rings. The summed E-state index contributed by atoms with van der Waals surface area (Å²) >= 11 is 0. The Morgan fingerprint density at radius 3 is 2.53 bits per heavy atom. The van der Waals surface area contributed by atoms with E-state index in [1.165, 1.54) is 18.9 Å². The minimum Gasteiger partial charge on any atom is -0.456 e. The molecule has 2 aromatic heterocycles. The lowest BCUT2D eigenvalue weighted by Crippen LogP contribution is -2.35. The largest absolute Gasteiger partial charge is 0.456 e. The van der Waals surface area contributed by atoms with Crippen LogP contribution in [0.4, 0.5) is 29.1 Å². The first kappa shape index (κ1) is 36.5. The van der Waals surface area contributed by atoms with E-state index in [1.54, 1.807) is 4.90 Å². The Morgan fingerprint density at radius 2 is 1.82 bits per heavy atom. The number of rotatable bonds is 10. The summed E-state index contributed by atoms with van der Waals surface area (Å²) in [5.41, 5.74) is 4.59. The van der Waals surface area contributed by atoms with Crippen LogP contribution >= 0.6 is 0 Å². The second kappa shape index (κ2) is 14.7. The Bertz CT molecular complexity index is 1900. The number of anilines is 2. The zero-order chi connectivity index (χ0) is 36.6. The number of nitrogens with zero attached hydrogens (tertiary/aromatic N) is 5. The fourth-order valence-corrected chi connectivity index (χ4v) is 6.78. The zero-order valence-electron chi connectivity index (χ0n) is 27.5. The lowest BCUT2D eigenvalue weighted by molar-refractivity contribution is -0.419. The second-order valence-corrected chi connectivity index (χ2v) is 12.6. The number of benzene rings is 2. The van der Waals surface area contributed by atoms with Crippen LogP contribution in [0.15, 0.2) is 18.2 Å². The van der Waals surface area contributed by atoms with Crippen LogP contribution in [-0.2, 0) is 0 Å². The van der Waals surface area contributed by atoms with Crippen molar-refractivity contribution in [3.05, 3.63) is 35.7 Å². The van der Waals surface area contributed by atoms with Crippen molar-refractivity contribution in [2.75, 3.05) is 37.0 Å². The summed E-state index contributed by atoms with van der Waals surface area (Å²) in [6, 6.07) is 3.03. The van der Waals surface area contributed by atoms with Gasteiger partial charge in [0.25, 0.3) is 0 Å². The summed E-state index contributed by atoms with van der Waals surface area (Å²) in [5.74, 6) is -5.58. The standard InChI is InChI=1S/C26H26F3N5O8.C7H12FN/c1-2-3-4-5-6-34-10-40-23-16-20(32-24(33-22(16)34)41-25(35)36)18(29)19(31-23)13-9-12(30)7-11-8-14(27)17(28)21(15(11)13)42-26(37,38)39;8-6-4-7-2-1-3-9(7)5-6/h7-9,25,35-39H,2-6,10,30H2,1H3;6-7H,1-5H2. The Kier molecular flexibility index (Phi) is 10.5. The van der Waals surface area contributed by atoms with Crippen LogP contribution in [0.3, 0.4) is 0 Å². The van der Waals surface area contributed by atoms with Crippen LogP contribution < -0.4 is 24.8 Å². The number of hydrogen-bond acceptors (Lipinski definition) is 14. The predicted octanol–water partition coefficient (Wildman–Crippen LogP) is 3.39. The highest BCUT2D eigenvalue weighted by atomic mass is 19.2. The van der Waals surface area contributed by atoms with Gasteiger partial charge in [-0.2, -0.15) is 14.4 Å². The van der Waals surface area contributed by atoms with E-state index in [2.05, 4.69) is 31.5 Å². The molecule has 0 aliphatic carbocycles. The molecule has 0 bridgehead atoms. The fraction of sp³-hybridized carbons (Fsp3) is 0.485. The van der Waals surface area contributed by atoms with E-state index < -0.39 is 64.6 Å². The molecule has 276 valence electrons. The van der Waals surface area contributed by atoms with Gasteiger partial charge in [-0.15, -0.1) is 0 Å². The molecule has 3 aliphatic rings. The molecule has 2 aromatic carbocycles. The monoisotopic (exact) mass is 722 g/mol. The first-order valence-electron chi connectivity index (χ1n) is 16.5. The maximum absolute atomic E-state index is 16.4. The molecule has 7 N–H and O–H groups in total. The number of alkyl halides is 1. The third kappa shape index (κ3) is 7.80. The van der Waals surface area contributed by atoms with Crippen molar-refractivity contribution < 1.29 is 57.3 Å². The van der Waals surface area contributed by atoms with Gasteiger partial charge in [0.2, 0.25) is 11.7 Å². The zero-order valence-corrected chi connectivity index (χ0v) is 27.5. The molecule has 14 nitrogen and oxygen atoms in total. The number of fused-ring (bicyclic) bond motifs is 2.